The van der Waals surface area contributed by atoms with E-state index in [0.29, 0.717) is 18.5 Å². The fourth-order valence-corrected chi connectivity index (χ4v) is 5.03. The second-order valence-corrected chi connectivity index (χ2v) is 8.67. The summed E-state index contributed by atoms with van der Waals surface area (Å²) in [6, 6.07) is 8.54. The molecule has 0 spiro atoms. The van der Waals surface area contributed by atoms with Crippen molar-refractivity contribution in [2.45, 2.75) is 31.6 Å². The van der Waals surface area contributed by atoms with Gasteiger partial charge in [-0.3, -0.25) is 9.89 Å². The fraction of sp³-hybridized carbons (Fsp3) is 0.522. The molecule has 3 aliphatic heterocycles. The molecular formula is C23H28N6O2. The average molecular weight is 421 g/mol. The van der Waals surface area contributed by atoms with Gasteiger partial charge in [0.05, 0.1) is 30.3 Å². The predicted octanol–water partition coefficient (Wildman–Crippen LogP) is 2.99. The minimum Gasteiger partial charge on any atom is -0.379 e. The standard InChI is InChI=1S/C23H28N6O2/c1-2-6-17(5-1)22-25-23(31-26-22)21-20-15-28(10-9-27-11-13-30-14-12-27)18-7-3-4-8-19(18)29(20)16-24-21/h3-4,7-8,15,17H,1-2,5-6,9-14,16H2. The van der Waals surface area contributed by atoms with Crippen molar-refractivity contribution in [2.75, 3.05) is 55.9 Å². The zero-order chi connectivity index (χ0) is 20.6. The van der Waals surface area contributed by atoms with Gasteiger partial charge in [-0.25, -0.2) is 0 Å². The maximum Gasteiger partial charge on any atom is 0.278 e. The van der Waals surface area contributed by atoms with Crippen molar-refractivity contribution in [1.29, 1.82) is 0 Å². The Morgan fingerprint density at radius 1 is 1.00 bits per heavy atom. The highest BCUT2D eigenvalue weighted by Crippen LogP contribution is 2.39. The molecule has 4 aliphatic rings. The van der Waals surface area contributed by atoms with Crippen LogP contribution in [0.15, 0.2) is 45.7 Å². The molecule has 2 aromatic rings. The van der Waals surface area contributed by atoms with Crippen LogP contribution < -0.4 is 9.80 Å². The van der Waals surface area contributed by atoms with Crippen molar-refractivity contribution < 1.29 is 9.26 Å². The molecule has 0 atom stereocenters. The molecule has 2 fully saturated rings. The molecule has 1 saturated heterocycles. The first-order valence-corrected chi connectivity index (χ1v) is 11.4. The third-order valence-corrected chi connectivity index (χ3v) is 6.79. The second kappa shape index (κ2) is 8.09. The fourth-order valence-electron chi connectivity index (χ4n) is 5.03. The zero-order valence-corrected chi connectivity index (χ0v) is 17.7. The average Bonchev–Trinajstić information content (AvgIpc) is 3.58. The van der Waals surface area contributed by atoms with Crippen LogP contribution in [0.5, 0.6) is 0 Å². The molecule has 4 heterocycles. The van der Waals surface area contributed by atoms with Gasteiger partial charge in [0.25, 0.3) is 5.89 Å². The summed E-state index contributed by atoms with van der Waals surface area (Å²) in [7, 11) is 0. The SMILES string of the molecule is C1=C2C(c3nc(C4CCCC4)no3)=NCN2c2ccccc2N1CCN1CCOCC1. The molecule has 0 radical (unpaired) electrons. The summed E-state index contributed by atoms with van der Waals surface area (Å²) in [5.41, 5.74) is 4.24. The van der Waals surface area contributed by atoms with E-state index in [1.807, 2.05) is 0 Å². The van der Waals surface area contributed by atoms with Gasteiger partial charge in [0.2, 0.25) is 0 Å². The van der Waals surface area contributed by atoms with Crippen molar-refractivity contribution in [3.05, 3.63) is 47.9 Å². The quantitative estimate of drug-likeness (QED) is 0.736. The number of aromatic nitrogens is 2. The lowest BCUT2D eigenvalue weighted by molar-refractivity contribution is 0.0393. The number of rotatable bonds is 5. The normalized spacial score (nSPS) is 21.8. The summed E-state index contributed by atoms with van der Waals surface area (Å²) in [5, 5.41) is 4.30. The van der Waals surface area contributed by atoms with Crippen molar-refractivity contribution >= 4 is 17.1 Å². The Balaban J connectivity index is 1.27. The molecule has 8 heteroatoms. The van der Waals surface area contributed by atoms with E-state index in [1.54, 1.807) is 0 Å². The molecule has 1 saturated carbocycles. The minimum atomic E-state index is 0.432. The molecule has 6 rings (SSSR count). The van der Waals surface area contributed by atoms with Gasteiger partial charge in [0, 0.05) is 38.3 Å². The van der Waals surface area contributed by atoms with Crippen molar-refractivity contribution in [2.24, 2.45) is 4.99 Å². The number of para-hydroxylation sites is 2. The summed E-state index contributed by atoms with van der Waals surface area (Å²) in [6.45, 7) is 6.13. The smallest absolute Gasteiger partial charge is 0.278 e. The van der Waals surface area contributed by atoms with E-state index < -0.39 is 0 Å². The lowest BCUT2D eigenvalue weighted by atomic mass is 10.1. The Hall–Kier alpha value is -2.71. The number of fused-ring (bicyclic) bond motifs is 3. The van der Waals surface area contributed by atoms with Gasteiger partial charge in [-0.2, -0.15) is 4.98 Å². The number of nitrogens with zero attached hydrogens (tertiary/aromatic N) is 6. The molecule has 31 heavy (non-hydrogen) atoms. The van der Waals surface area contributed by atoms with E-state index in [9.17, 15) is 0 Å². The first-order valence-electron chi connectivity index (χ1n) is 11.4. The Morgan fingerprint density at radius 2 is 1.81 bits per heavy atom. The summed E-state index contributed by atoms with van der Waals surface area (Å²) in [5.74, 6) is 1.82. The highest BCUT2D eigenvalue weighted by atomic mass is 16.5. The van der Waals surface area contributed by atoms with Crippen molar-refractivity contribution in [1.82, 2.24) is 15.0 Å². The van der Waals surface area contributed by atoms with E-state index in [-0.39, 0.29) is 0 Å². The van der Waals surface area contributed by atoms with Crippen LogP contribution >= 0.6 is 0 Å². The molecule has 1 aromatic carbocycles. The predicted molar refractivity (Wildman–Crippen MR) is 119 cm³/mol. The monoisotopic (exact) mass is 420 g/mol. The van der Waals surface area contributed by atoms with Crippen LogP contribution in [0.4, 0.5) is 11.4 Å². The van der Waals surface area contributed by atoms with Gasteiger partial charge >= 0.3 is 0 Å². The number of ether oxygens (including phenoxy) is 1. The third-order valence-electron chi connectivity index (χ3n) is 6.79. The van der Waals surface area contributed by atoms with Gasteiger partial charge in [-0.1, -0.05) is 30.1 Å². The van der Waals surface area contributed by atoms with Crippen LogP contribution in [0, 0.1) is 0 Å². The van der Waals surface area contributed by atoms with Crippen LogP contribution in [0.25, 0.3) is 0 Å². The number of morpholine rings is 1. The Bertz CT molecular complexity index is 1000. The number of hydrogen-bond acceptors (Lipinski definition) is 8. The number of hydrogen-bond donors (Lipinski definition) is 0. The van der Waals surface area contributed by atoms with Crippen LogP contribution in [0.2, 0.25) is 0 Å². The van der Waals surface area contributed by atoms with Crippen LogP contribution in [0.3, 0.4) is 0 Å². The highest BCUT2D eigenvalue weighted by molar-refractivity contribution is 6.15. The Morgan fingerprint density at radius 3 is 2.65 bits per heavy atom. The summed E-state index contributed by atoms with van der Waals surface area (Å²) < 4.78 is 11.2. The van der Waals surface area contributed by atoms with Crippen LogP contribution in [-0.4, -0.2) is 66.8 Å². The lowest BCUT2D eigenvalue weighted by Gasteiger charge is -2.36. The van der Waals surface area contributed by atoms with E-state index >= 15 is 0 Å². The molecule has 162 valence electrons. The third kappa shape index (κ3) is 3.53. The van der Waals surface area contributed by atoms with E-state index in [2.05, 4.69) is 50.3 Å². The molecule has 0 N–H and O–H groups in total. The van der Waals surface area contributed by atoms with Crippen LogP contribution in [0.1, 0.15) is 43.3 Å². The van der Waals surface area contributed by atoms with Gasteiger partial charge in [0.15, 0.2) is 11.5 Å². The number of benzene rings is 1. The molecule has 0 unspecified atom stereocenters. The maximum atomic E-state index is 5.69. The molecule has 8 nitrogen and oxygen atoms in total. The first kappa shape index (κ1) is 19.0. The highest BCUT2D eigenvalue weighted by Gasteiger charge is 2.34. The first-order chi connectivity index (χ1) is 15.4. The largest absolute Gasteiger partial charge is 0.379 e. The van der Waals surface area contributed by atoms with Gasteiger partial charge in [-0.05, 0) is 25.0 Å². The van der Waals surface area contributed by atoms with Crippen molar-refractivity contribution in [3.8, 4) is 0 Å². The van der Waals surface area contributed by atoms with Crippen molar-refractivity contribution in [3.63, 3.8) is 0 Å². The van der Waals surface area contributed by atoms with E-state index in [1.165, 1.54) is 24.2 Å². The molecule has 1 aliphatic carbocycles. The van der Waals surface area contributed by atoms with E-state index in [4.69, 9.17) is 19.2 Å². The molecule has 0 bridgehead atoms. The Kier molecular flexibility index (Phi) is 4.96. The maximum absolute atomic E-state index is 5.69. The minimum absolute atomic E-state index is 0.432. The summed E-state index contributed by atoms with van der Waals surface area (Å²) in [6.07, 6.45) is 7.02. The van der Waals surface area contributed by atoms with E-state index in [0.717, 1.165) is 69.5 Å². The second-order valence-electron chi connectivity index (χ2n) is 8.67. The molecular weight excluding hydrogens is 392 g/mol. The number of aliphatic imine (C=N–C) groups is 1. The summed E-state index contributed by atoms with van der Waals surface area (Å²) >= 11 is 0. The summed E-state index contributed by atoms with van der Waals surface area (Å²) in [4.78, 5) is 16.6. The Labute approximate surface area is 182 Å². The zero-order valence-electron chi connectivity index (χ0n) is 17.7. The number of allylic oxidation sites excluding steroid dienone is 1. The molecule has 1 aromatic heterocycles. The van der Waals surface area contributed by atoms with Crippen LogP contribution in [-0.2, 0) is 4.74 Å². The molecule has 0 amide bonds. The van der Waals surface area contributed by atoms with Gasteiger partial charge in [0.1, 0.15) is 6.67 Å². The van der Waals surface area contributed by atoms with Gasteiger partial charge < -0.3 is 19.1 Å². The lowest BCUT2D eigenvalue weighted by Crippen LogP contribution is -2.42. The van der Waals surface area contributed by atoms with Gasteiger partial charge in [-0.15, -0.1) is 0 Å². The number of anilines is 2. The topological polar surface area (TPSA) is 70.2 Å².